The van der Waals surface area contributed by atoms with E-state index < -0.39 is 0 Å². The number of hydrogen-bond acceptors (Lipinski definition) is 2. The van der Waals surface area contributed by atoms with Crippen molar-refractivity contribution in [3.8, 4) is 5.75 Å². The molecule has 0 aromatic heterocycles. The topological polar surface area (TPSA) is 26.3 Å². The van der Waals surface area contributed by atoms with E-state index in [4.69, 9.17) is 4.74 Å². The molecule has 0 atom stereocenters. The molecule has 0 heterocycles. The SMILES string of the molecule is Cc1ccccc1COc1c(I)cc(C=O)cc1I. The van der Waals surface area contributed by atoms with Crippen molar-refractivity contribution in [2.45, 2.75) is 13.5 Å². The highest BCUT2D eigenvalue weighted by Crippen LogP contribution is 2.29. The fraction of sp³-hybridized carbons (Fsp3) is 0.133. The van der Waals surface area contributed by atoms with Gasteiger partial charge in [0.05, 0.1) is 7.14 Å². The number of aldehydes is 1. The van der Waals surface area contributed by atoms with E-state index in [-0.39, 0.29) is 0 Å². The van der Waals surface area contributed by atoms with Crippen LogP contribution >= 0.6 is 45.2 Å². The maximum Gasteiger partial charge on any atom is 0.150 e. The van der Waals surface area contributed by atoms with Crippen LogP contribution in [0.2, 0.25) is 0 Å². The first-order valence-corrected chi connectivity index (χ1v) is 7.89. The van der Waals surface area contributed by atoms with Gasteiger partial charge in [-0.25, -0.2) is 0 Å². The monoisotopic (exact) mass is 478 g/mol. The standard InChI is InChI=1S/C15H12I2O2/c1-10-4-2-3-5-12(10)9-19-15-13(16)6-11(8-18)7-14(15)17/h2-8H,9H2,1H3. The molecule has 0 aliphatic carbocycles. The first-order valence-electron chi connectivity index (χ1n) is 5.73. The maximum absolute atomic E-state index is 10.8. The fourth-order valence-electron chi connectivity index (χ4n) is 1.71. The van der Waals surface area contributed by atoms with E-state index in [1.54, 1.807) is 0 Å². The largest absolute Gasteiger partial charge is 0.487 e. The van der Waals surface area contributed by atoms with E-state index in [0.29, 0.717) is 12.2 Å². The molecule has 0 radical (unpaired) electrons. The second-order valence-electron chi connectivity index (χ2n) is 4.15. The molecule has 0 spiro atoms. The Morgan fingerprint density at radius 3 is 2.37 bits per heavy atom. The van der Waals surface area contributed by atoms with Gasteiger partial charge in [0.1, 0.15) is 18.6 Å². The summed E-state index contributed by atoms with van der Waals surface area (Å²) in [5.41, 5.74) is 3.07. The predicted octanol–water partition coefficient (Wildman–Crippen LogP) is 4.60. The Balaban J connectivity index is 2.21. The van der Waals surface area contributed by atoms with E-state index >= 15 is 0 Å². The van der Waals surface area contributed by atoms with Gasteiger partial charge in [-0.1, -0.05) is 24.3 Å². The summed E-state index contributed by atoms with van der Waals surface area (Å²) in [6.45, 7) is 2.61. The van der Waals surface area contributed by atoms with Crippen molar-refractivity contribution in [3.63, 3.8) is 0 Å². The summed E-state index contributed by atoms with van der Waals surface area (Å²) in [6.07, 6.45) is 0.857. The molecule has 0 amide bonds. The lowest BCUT2D eigenvalue weighted by Crippen LogP contribution is -2.01. The van der Waals surface area contributed by atoms with Gasteiger partial charge in [-0.3, -0.25) is 4.79 Å². The molecule has 0 aliphatic rings. The molecule has 4 heteroatoms. The van der Waals surface area contributed by atoms with Crippen LogP contribution in [0.4, 0.5) is 0 Å². The summed E-state index contributed by atoms with van der Waals surface area (Å²) >= 11 is 4.40. The van der Waals surface area contributed by atoms with Crippen LogP contribution in [-0.2, 0) is 6.61 Å². The number of carbonyl (C=O) groups excluding carboxylic acids is 1. The lowest BCUT2D eigenvalue weighted by Gasteiger charge is -2.12. The highest BCUT2D eigenvalue weighted by molar-refractivity contribution is 14.1. The molecule has 2 aromatic rings. The number of aryl methyl sites for hydroxylation is 1. The van der Waals surface area contributed by atoms with Crippen LogP contribution in [0.5, 0.6) is 5.75 Å². The molecule has 19 heavy (non-hydrogen) atoms. The van der Waals surface area contributed by atoms with Crippen molar-refractivity contribution in [3.05, 3.63) is 60.2 Å². The molecule has 0 bridgehead atoms. The minimum atomic E-state index is 0.541. The average Bonchev–Trinajstić information content (AvgIpc) is 2.39. The van der Waals surface area contributed by atoms with Gasteiger partial charge in [-0.2, -0.15) is 0 Å². The molecule has 2 aromatic carbocycles. The summed E-state index contributed by atoms with van der Waals surface area (Å²) in [5, 5.41) is 0. The zero-order valence-corrected chi connectivity index (χ0v) is 14.6. The fourth-order valence-corrected chi connectivity index (χ4v) is 3.84. The Morgan fingerprint density at radius 1 is 1.16 bits per heavy atom. The van der Waals surface area contributed by atoms with Crippen LogP contribution in [0.25, 0.3) is 0 Å². The lowest BCUT2D eigenvalue weighted by atomic mass is 10.1. The molecule has 2 nitrogen and oxygen atoms in total. The molecule has 0 N–H and O–H groups in total. The number of rotatable bonds is 4. The first kappa shape index (κ1) is 14.8. The van der Waals surface area contributed by atoms with Gasteiger partial charge in [0.2, 0.25) is 0 Å². The molecular weight excluding hydrogens is 466 g/mol. The number of carbonyl (C=O) groups is 1. The third-order valence-corrected chi connectivity index (χ3v) is 4.39. The summed E-state index contributed by atoms with van der Waals surface area (Å²) in [6, 6.07) is 11.8. The van der Waals surface area contributed by atoms with Gasteiger partial charge in [0, 0.05) is 5.56 Å². The van der Waals surface area contributed by atoms with Crippen LogP contribution in [0.3, 0.4) is 0 Å². The molecule has 0 aliphatic heterocycles. The Hall–Kier alpha value is -0.630. The summed E-state index contributed by atoms with van der Waals surface area (Å²) in [5.74, 6) is 0.843. The minimum absolute atomic E-state index is 0.541. The van der Waals surface area contributed by atoms with Crippen LogP contribution in [0, 0.1) is 14.1 Å². The van der Waals surface area contributed by atoms with Gasteiger partial charge in [-0.05, 0) is 75.4 Å². The number of halogens is 2. The molecule has 0 saturated heterocycles. The van der Waals surface area contributed by atoms with Gasteiger partial charge >= 0.3 is 0 Å². The summed E-state index contributed by atoms with van der Waals surface area (Å²) < 4.78 is 7.82. The third kappa shape index (κ3) is 3.68. The highest BCUT2D eigenvalue weighted by atomic mass is 127. The van der Waals surface area contributed by atoms with Crippen LogP contribution in [-0.4, -0.2) is 6.29 Å². The Bertz CT molecular complexity index is 586. The van der Waals surface area contributed by atoms with Crippen molar-refractivity contribution < 1.29 is 9.53 Å². The Kier molecular flexibility index (Phi) is 5.20. The molecule has 98 valence electrons. The third-order valence-electron chi connectivity index (χ3n) is 2.79. The zero-order chi connectivity index (χ0) is 13.8. The molecule has 0 saturated carbocycles. The number of hydrogen-bond donors (Lipinski definition) is 0. The van der Waals surface area contributed by atoms with Crippen molar-refractivity contribution in [1.29, 1.82) is 0 Å². The van der Waals surface area contributed by atoms with Gasteiger partial charge in [-0.15, -0.1) is 0 Å². The van der Waals surface area contributed by atoms with E-state index in [1.165, 1.54) is 11.1 Å². The van der Waals surface area contributed by atoms with E-state index in [1.807, 2.05) is 24.3 Å². The predicted molar refractivity (Wildman–Crippen MR) is 92.8 cm³/mol. The Morgan fingerprint density at radius 2 is 1.79 bits per heavy atom. The summed E-state index contributed by atoms with van der Waals surface area (Å²) in [7, 11) is 0. The molecule has 0 unspecified atom stereocenters. The van der Waals surface area contributed by atoms with E-state index in [2.05, 4.69) is 64.2 Å². The second-order valence-corrected chi connectivity index (χ2v) is 6.47. The molecule has 2 rings (SSSR count). The average molecular weight is 478 g/mol. The number of ether oxygens (including phenoxy) is 1. The van der Waals surface area contributed by atoms with Gasteiger partial charge in [0.15, 0.2) is 0 Å². The normalized spacial score (nSPS) is 10.3. The maximum atomic E-state index is 10.8. The highest BCUT2D eigenvalue weighted by Gasteiger charge is 2.09. The van der Waals surface area contributed by atoms with Crippen molar-refractivity contribution in [2.24, 2.45) is 0 Å². The molecular formula is C15H12I2O2. The summed E-state index contributed by atoms with van der Waals surface area (Å²) in [4.78, 5) is 10.8. The second kappa shape index (κ2) is 6.69. The van der Waals surface area contributed by atoms with Crippen molar-refractivity contribution in [2.75, 3.05) is 0 Å². The smallest absolute Gasteiger partial charge is 0.150 e. The van der Waals surface area contributed by atoms with Crippen LogP contribution in [0.1, 0.15) is 21.5 Å². The Labute approximate surface area is 139 Å². The first-order chi connectivity index (χ1) is 9.11. The van der Waals surface area contributed by atoms with E-state index in [0.717, 1.165) is 19.2 Å². The molecule has 0 fully saturated rings. The lowest BCUT2D eigenvalue weighted by molar-refractivity contribution is 0.112. The van der Waals surface area contributed by atoms with Crippen LogP contribution in [0.15, 0.2) is 36.4 Å². The minimum Gasteiger partial charge on any atom is -0.487 e. The van der Waals surface area contributed by atoms with Gasteiger partial charge in [0.25, 0.3) is 0 Å². The zero-order valence-electron chi connectivity index (χ0n) is 10.3. The number of benzene rings is 2. The van der Waals surface area contributed by atoms with Crippen molar-refractivity contribution >= 4 is 51.5 Å². The van der Waals surface area contributed by atoms with Crippen LogP contribution < -0.4 is 4.74 Å². The van der Waals surface area contributed by atoms with Gasteiger partial charge < -0.3 is 4.74 Å². The van der Waals surface area contributed by atoms with Crippen molar-refractivity contribution in [1.82, 2.24) is 0 Å². The quantitative estimate of drug-likeness (QED) is 0.475. The van der Waals surface area contributed by atoms with E-state index in [9.17, 15) is 4.79 Å².